The molecule has 0 radical (unpaired) electrons. The molecular weight excluding hydrogens is 382 g/mol. The molecule has 0 atom stereocenters. The van der Waals surface area contributed by atoms with Gasteiger partial charge >= 0.3 is 12.2 Å². The lowest BCUT2D eigenvalue weighted by Gasteiger charge is -2.31. The number of benzene rings is 2. The van der Waals surface area contributed by atoms with Crippen molar-refractivity contribution in [2.45, 2.75) is 32.8 Å². The first-order valence-corrected chi connectivity index (χ1v) is 10.4. The number of hydrogen-bond donors (Lipinski definition) is 0. The van der Waals surface area contributed by atoms with E-state index < -0.39 is 5.60 Å². The zero-order chi connectivity index (χ0) is 21.5. The summed E-state index contributed by atoms with van der Waals surface area (Å²) in [5.41, 5.74) is 1.26. The highest BCUT2D eigenvalue weighted by molar-refractivity contribution is 6.02. The minimum atomic E-state index is -0.576. The van der Waals surface area contributed by atoms with Crippen LogP contribution in [0.2, 0.25) is 0 Å². The van der Waals surface area contributed by atoms with Crippen molar-refractivity contribution >= 4 is 28.6 Å². The monoisotopic (exact) mass is 411 g/mol. The number of ether oxygens (including phenoxy) is 2. The molecule has 0 spiro atoms. The number of amides is 2. The molecule has 0 unspecified atom stereocenters. The molecule has 7 heteroatoms. The van der Waals surface area contributed by atoms with Gasteiger partial charge in [-0.15, -0.1) is 0 Å². The van der Waals surface area contributed by atoms with Gasteiger partial charge in [0, 0.05) is 44.2 Å². The molecule has 2 aliphatic heterocycles. The largest absolute Gasteiger partial charge is 0.443 e. The van der Waals surface area contributed by atoms with E-state index in [2.05, 4.69) is 4.90 Å². The van der Waals surface area contributed by atoms with Gasteiger partial charge < -0.3 is 19.3 Å². The Morgan fingerprint density at radius 1 is 0.933 bits per heavy atom. The van der Waals surface area contributed by atoms with Gasteiger partial charge in [-0.1, -0.05) is 24.3 Å². The number of carbonyl (C=O) groups excluding carboxylic acids is 2. The summed E-state index contributed by atoms with van der Waals surface area (Å²) in [6, 6.07) is 9.67. The van der Waals surface area contributed by atoms with Crippen molar-refractivity contribution in [3.8, 4) is 5.75 Å². The predicted octanol–water partition coefficient (Wildman–Crippen LogP) is 3.88. The van der Waals surface area contributed by atoms with Gasteiger partial charge in [0.15, 0.2) is 0 Å². The van der Waals surface area contributed by atoms with Gasteiger partial charge in [0.2, 0.25) is 0 Å². The van der Waals surface area contributed by atoms with Crippen molar-refractivity contribution in [2.24, 2.45) is 0 Å². The van der Waals surface area contributed by atoms with Crippen LogP contribution in [0.4, 0.5) is 15.3 Å². The number of carbonyl (C=O) groups is 2. The molecular formula is C23H29N3O4. The Kier molecular flexibility index (Phi) is 5.32. The molecule has 2 heterocycles. The van der Waals surface area contributed by atoms with E-state index in [1.54, 1.807) is 9.80 Å². The molecule has 30 heavy (non-hydrogen) atoms. The van der Waals surface area contributed by atoms with E-state index in [0.717, 1.165) is 41.5 Å². The van der Waals surface area contributed by atoms with Crippen molar-refractivity contribution in [2.75, 3.05) is 44.7 Å². The van der Waals surface area contributed by atoms with Gasteiger partial charge in [0.05, 0.1) is 5.69 Å². The van der Waals surface area contributed by atoms with E-state index >= 15 is 0 Å². The Balaban J connectivity index is 1.66. The Labute approximate surface area is 177 Å². The fourth-order valence-corrected chi connectivity index (χ4v) is 3.97. The molecule has 0 aliphatic carbocycles. The van der Waals surface area contributed by atoms with E-state index in [-0.39, 0.29) is 12.2 Å². The first-order chi connectivity index (χ1) is 14.2. The van der Waals surface area contributed by atoms with Crippen LogP contribution >= 0.6 is 0 Å². The number of piperazine rings is 1. The fourth-order valence-electron chi connectivity index (χ4n) is 3.97. The number of fused-ring (bicyclic) bond motifs is 3. The summed E-state index contributed by atoms with van der Waals surface area (Å²) >= 11 is 0. The molecule has 0 saturated carbocycles. The van der Waals surface area contributed by atoms with Gasteiger partial charge in [0.25, 0.3) is 0 Å². The number of likely N-dealkylation sites (N-methyl/N-ethyl adjacent to an activating group) is 1. The summed E-state index contributed by atoms with van der Waals surface area (Å²) in [5, 5.41) is 1.88. The van der Waals surface area contributed by atoms with Crippen LogP contribution in [0.15, 0.2) is 30.3 Å². The molecule has 0 bridgehead atoms. The number of anilines is 1. The third-order valence-corrected chi connectivity index (χ3v) is 5.54. The normalized spacial score (nSPS) is 17.2. The Bertz CT molecular complexity index is 974. The van der Waals surface area contributed by atoms with Gasteiger partial charge in [-0.05, 0) is 45.2 Å². The molecule has 2 aliphatic rings. The number of nitrogens with zero attached hydrogens (tertiary/aromatic N) is 3. The number of rotatable bonds is 1. The zero-order valence-electron chi connectivity index (χ0n) is 18.1. The summed E-state index contributed by atoms with van der Waals surface area (Å²) in [6.07, 6.45) is 0.00444. The highest BCUT2D eigenvalue weighted by atomic mass is 16.6. The molecule has 160 valence electrons. The first kappa shape index (κ1) is 20.5. The van der Waals surface area contributed by atoms with Gasteiger partial charge in [-0.25, -0.2) is 9.59 Å². The summed E-state index contributed by atoms with van der Waals surface area (Å²) < 4.78 is 11.4. The van der Waals surface area contributed by atoms with Gasteiger partial charge in [-0.3, -0.25) is 4.90 Å². The molecule has 2 aromatic rings. The van der Waals surface area contributed by atoms with Crippen LogP contribution in [0.1, 0.15) is 26.3 Å². The van der Waals surface area contributed by atoms with Gasteiger partial charge in [-0.2, -0.15) is 0 Å². The molecule has 0 N–H and O–H groups in total. The Morgan fingerprint density at radius 3 is 2.27 bits per heavy atom. The van der Waals surface area contributed by atoms with Crippen LogP contribution in [0.5, 0.6) is 5.75 Å². The van der Waals surface area contributed by atoms with Crippen molar-refractivity contribution in [3.05, 3.63) is 35.9 Å². The first-order valence-electron chi connectivity index (χ1n) is 10.4. The molecule has 2 aromatic carbocycles. The molecule has 1 saturated heterocycles. The zero-order valence-corrected chi connectivity index (χ0v) is 18.1. The molecule has 4 rings (SSSR count). The minimum absolute atomic E-state index is 0.352. The summed E-state index contributed by atoms with van der Waals surface area (Å²) in [4.78, 5) is 31.1. The Hall–Kier alpha value is -2.80. The second-order valence-electron chi connectivity index (χ2n) is 8.96. The van der Waals surface area contributed by atoms with E-state index in [0.29, 0.717) is 25.4 Å². The fraction of sp³-hybridized carbons (Fsp3) is 0.478. The number of hydrogen-bond acceptors (Lipinski definition) is 5. The quantitative estimate of drug-likeness (QED) is 0.713. The van der Waals surface area contributed by atoms with E-state index in [9.17, 15) is 9.59 Å². The maximum atomic E-state index is 12.8. The minimum Gasteiger partial charge on any atom is -0.443 e. The lowest BCUT2D eigenvalue weighted by molar-refractivity contribution is 0.0584. The van der Waals surface area contributed by atoms with E-state index in [1.807, 2.05) is 58.2 Å². The third-order valence-electron chi connectivity index (χ3n) is 5.54. The van der Waals surface area contributed by atoms with E-state index in [4.69, 9.17) is 9.47 Å². The lowest BCUT2D eigenvalue weighted by atomic mass is 10.0. The second kappa shape index (κ2) is 7.80. The van der Waals surface area contributed by atoms with Crippen molar-refractivity contribution in [1.29, 1.82) is 0 Å². The van der Waals surface area contributed by atoms with Crippen molar-refractivity contribution < 1.29 is 19.1 Å². The second-order valence-corrected chi connectivity index (χ2v) is 8.96. The topological polar surface area (TPSA) is 62.3 Å². The van der Waals surface area contributed by atoms with E-state index in [1.165, 1.54) is 0 Å². The summed E-state index contributed by atoms with van der Waals surface area (Å²) in [7, 11) is 2.04. The van der Waals surface area contributed by atoms with Crippen LogP contribution in [-0.2, 0) is 11.2 Å². The average Bonchev–Trinajstić information content (AvgIpc) is 3.11. The highest BCUT2D eigenvalue weighted by Gasteiger charge is 2.32. The lowest BCUT2D eigenvalue weighted by Crippen LogP contribution is -2.48. The SMILES string of the molecule is CN1CCN(C(=O)Oc2cc3c(c4ccccc24)CCN3C(=O)OC(C)(C)C)CC1. The molecule has 0 aromatic heterocycles. The predicted molar refractivity (Wildman–Crippen MR) is 116 cm³/mol. The average molecular weight is 412 g/mol. The molecule has 1 fully saturated rings. The van der Waals surface area contributed by atoms with Gasteiger partial charge in [0.1, 0.15) is 11.4 Å². The molecule has 7 nitrogen and oxygen atoms in total. The standard InChI is InChI=1S/C23H29N3O4/c1-23(2,3)30-22(28)26-10-9-17-16-7-5-6-8-18(16)20(15-19(17)26)29-21(27)25-13-11-24(4)12-14-25/h5-8,15H,9-14H2,1-4H3. The van der Waals surface area contributed by atoms with Crippen molar-refractivity contribution in [1.82, 2.24) is 9.80 Å². The Morgan fingerprint density at radius 2 is 1.60 bits per heavy atom. The smallest absolute Gasteiger partial charge is 0.415 e. The maximum Gasteiger partial charge on any atom is 0.415 e. The summed E-state index contributed by atoms with van der Waals surface area (Å²) in [5.74, 6) is 0.476. The van der Waals surface area contributed by atoms with Crippen LogP contribution in [0, 0.1) is 0 Å². The van der Waals surface area contributed by atoms with Crippen molar-refractivity contribution in [3.63, 3.8) is 0 Å². The maximum absolute atomic E-state index is 12.8. The van der Waals surface area contributed by atoms with Crippen LogP contribution in [-0.4, -0.2) is 67.4 Å². The third kappa shape index (κ3) is 4.07. The van der Waals surface area contributed by atoms with Crippen LogP contribution in [0.25, 0.3) is 10.8 Å². The molecule has 2 amide bonds. The van der Waals surface area contributed by atoms with Crippen LogP contribution in [0.3, 0.4) is 0 Å². The van der Waals surface area contributed by atoms with Crippen LogP contribution < -0.4 is 9.64 Å². The highest BCUT2D eigenvalue weighted by Crippen LogP contribution is 2.40. The summed E-state index contributed by atoms with van der Waals surface area (Å²) in [6.45, 7) is 9.04.